The lowest BCUT2D eigenvalue weighted by Crippen LogP contribution is -2.46. The van der Waals surface area contributed by atoms with E-state index in [9.17, 15) is 5.11 Å². The van der Waals surface area contributed by atoms with Crippen molar-refractivity contribution in [2.75, 3.05) is 14.2 Å². The van der Waals surface area contributed by atoms with Crippen molar-refractivity contribution >= 4 is 0 Å². The number of aliphatic hydroxyl groups is 1. The molecule has 0 radical (unpaired) electrons. The Morgan fingerprint density at radius 2 is 2.06 bits per heavy atom. The quantitative estimate of drug-likeness (QED) is 0.614. The van der Waals surface area contributed by atoms with Crippen molar-refractivity contribution < 1.29 is 14.6 Å². The Morgan fingerprint density at radius 3 is 2.61 bits per heavy atom. The molecule has 3 aliphatic carbocycles. The molecule has 0 saturated heterocycles. The lowest BCUT2D eigenvalue weighted by Gasteiger charge is -2.37. The lowest BCUT2D eigenvalue weighted by atomic mass is 9.78. The number of hydrogen-bond donors (Lipinski definition) is 1. The molecule has 0 aromatic carbocycles. The van der Waals surface area contributed by atoms with E-state index >= 15 is 0 Å². The number of allylic oxidation sites excluding steroid dienone is 3. The van der Waals surface area contributed by atoms with Gasteiger partial charge in [0, 0.05) is 20.1 Å². The van der Waals surface area contributed by atoms with Crippen LogP contribution in [0.4, 0.5) is 0 Å². The number of hydrogen-bond acceptors (Lipinski definition) is 3. The summed E-state index contributed by atoms with van der Waals surface area (Å²) < 4.78 is 11.3. The highest BCUT2D eigenvalue weighted by atomic mass is 16.7. The average molecular weight is 248 g/mol. The van der Waals surface area contributed by atoms with Crippen molar-refractivity contribution in [2.45, 2.75) is 30.7 Å². The van der Waals surface area contributed by atoms with Crippen molar-refractivity contribution in [3.63, 3.8) is 0 Å². The Hall–Kier alpha value is -0.900. The molecule has 0 heterocycles. The first-order valence-corrected chi connectivity index (χ1v) is 6.54. The monoisotopic (exact) mass is 248 g/mol. The van der Waals surface area contributed by atoms with Crippen LogP contribution in [0.15, 0.2) is 36.0 Å². The fourth-order valence-corrected chi connectivity index (χ4v) is 3.84. The van der Waals surface area contributed by atoms with E-state index in [1.165, 1.54) is 0 Å². The van der Waals surface area contributed by atoms with Crippen LogP contribution >= 0.6 is 0 Å². The first kappa shape index (κ1) is 12.2. The predicted octanol–water partition coefficient (Wildman–Crippen LogP) is 2.19. The first-order chi connectivity index (χ1) is 8.67. The molecule has 0 unspecified atom stereocenters. The summed E-state index contributed by atoms with van der Waals surface area (Å²) in [4.78, 5) is 0. The summed E-state index contributed by atoms with van der Waals surface area (Å²) in [6, 6.07) is 0. The van der Waals surface area contributed by atoms with Gasteiger partial charge in [0.05, 0.1) is 11.5 Å². The standard InChI is InChI=1S/C15H20O3/c1-17-15(18-2)12-8-9-13(15)14(16,10-12)11-6-4-3-5-7-11/h3-4,6,8-9,12-13,16H,5,7,10H2,1-2H3/t12-,13-,14+/m0/s1. The van der Waals surface area contributed by atoms with Gasteiger partial charge in [-0.3, -0.25) is 0 Å². The number of rotatable bonds is 3. The SMILES string of the molecule is COC1(OC)[C@H]2C=C[C@H]1C[C@@]2(O)C1=CC=CCC1. The van der Waals surface area contributed by atoms with E-state index in [0.717, 1.165) is 18.4 Å². The Morgan fingerprint density at radius 1 is 1.28 bits per heavy atom. The molecule has 2 bridgehead atoms. The summed E-state index contributed by atoms with van der Waals surface area (Å²) in [5.74, 6) is -0.659. The molecule has 18 heavy (non-hydrogen) atoms. The minimum atomic E-state index is -0.809. The molecule has 0 aliphatic heterocycles. The molecule has 3 atom stereocenters. The highest BCUT2D eigenvalue weighted by molar-refractivity contribution is 5.37. The Balaban J connectivity index is 1.99. The molecular weight excluding hydrogens is 228 g/mol. The van der Waals surface area contributed by atoms with E-state index in [0.29, 0.717) is 6.42 Å². The van der Waals surface area contributed by atoms with Crippen molar-refractivity contribution in [1.29, 1.82) is 0 Å². The number of ether oxygens (including phenoxy) is 2. The van der Waals surface area contributed by atoms with Crippen LogP contribution in [0, 0.1) is 11.8 Å². The summed E-state index contributed by atoms with van der Waals surface area (Å²) in [5.41, 5.74) is 0.302. The molecule has 98 valence electrons. The molecule has 0 spiro atoms. The molecule has 3 rings (SSSR count). The van der Waals surface area contributed by atoms with E-state index in [-0.39, 0.29) is 11.8 Å². The van der Waals surface area contributed by atoms with Gasteiger partial charge in [0.1, 0.15) is 0 Å². The van der Waals surface area contributed by atoms with Crippen LogP contribution in [0.2, 0.25) is 0 Å². The van der Waals surface area contributed by atoms with Gasteiger partial charge in [0.2, 0.25) is 0 Å². The Labute approximate surface area is 108 Å². The van der Waals surface area contributed by atoms with Crippen LogP contribution < -0.4 is 0 Å². The van der Waals surface area contributed by atoms with Gasteiger partial charge in [-0.05, 0) is 24.8 Å². The second-order valence-corrected chi connectivity index (χ2v) is 5.39. The first-order valence-electron chi connectivity index (χ1n) is 6.54. The molecule has 0 aromatic heterocycles. The van der Waals surface area contributed by atoms with Crippen molar-refractivity contribution in [3.05, 3.63) is 36.0 Å². The third-order valence-electron chi connectivity index (χ3n) is 4.74. The lowest BCUT2D eigenvalue weighted by molar-refractivity contribution is -0.238. The summed E-state index contributed by atoms with van der Waals surface area (Å²) in [5, 5.41) is 11.1. The smallest absolute Gasteiger partial charge is 0.183 e. The fourth-order valence-electron chi connectivity index (χ4n) is 3.84. The van der Waals surface area contributed by atoms with Gasteiger partial charge in [0.15, 0.2) is 5.79 Å². The number of methoxy groups -OCH3 is 2. The molecule has 0 aromatic rings. The van der Waals surface area contributed by atoms with E-state index in [1.54, 1.807) is 14.2 Å². The fraction of sp³-hybridized carbons (Fsp3) is 0.600. The minimum Gasteiger partial charge on any atom is -0.385 e. The Kier molecular flexibility index (Phi) is 2.73. The van der Waals surface area contributed by atoms with E-state index in [4.69, 9.17) is 9.47 Å². The Bertz CT molecular complexity index is 431. The van der Waals surface area contributed by atoms with E-state index < -0.39 is 11.4 Å². The zero-order valence-corrected chi connectivity index (χ0v) is 10.9. The normalized spacial score (nSPS) is 40.3. The van der Waals surface area contributed by atoms with Crippen LogP contribution in [0.25, 0.3) is 0 Å². The second-order valence-electron chi connectivity index (χ2n) is 5.39. The molecule has 3 nitrogen and oxygen atoms in total. The van der Waals surface area contributed by atoms with Crippen LogP contribution in [0.3, 0.4) is 0 Å². The molecule has 1 fully saturated rings. The maximum absolute atomic E-state index is 11.1. The maximum atomic E-state index is 11.1. The summed E-state index contributed by atoms with van der Waals surface area (Å²) in [6.45, 7) is 0. The van der Waals surface area contributed by atoms with Crippen LogP contribution in [0.5, 0.6) is 0 Å². The second kappa shape index (κ2) is 4.05. The van der Waals surface area contributed by atoms with Gasteiger partial charge in [-0.25, -0.2) is 0 Å². The highest BCUT2D eigenvalue weighted by Gasteiger charge is 2.65. The largest absolute Gasteiger partial charge is 0.385 e. The van der Waals surface area contributed by atoms with Crippen molar-refractivity contribution in [2.24, 2.45) is 11.8 Å². The van der Waals surface area contributed by atoms with E-state index in [2.05, 4.69) is 18.2 Å². The van der Waals surface area contributed by atoms with Crippen LogP contribution in [0.1, 0.15) is 19.3 Å². The van der Waals surface area contributed by atoms with Crippen molar-refractivity contribution in [1.82, 2.24) is 0 Å². The van der Waals surface area contributed by atoms with E-state index in [1.807, 2.05) is 12.2 Å². The van der Waals surface area contributed by atoms with Crippen LogP contribution in [-0.2, 0) is 9.47 Å². The molecule has 3 heteroatoms. The third kappa shape index (κ3) is 1.35. The maximum Gasteiger partial charge on any atom is 0.183 e. The van der Waals surface area contributed by atoms with Gasteiger partial charge in [-0.1, -0.05) is 30.4 Å². The molecular formula is C15H20O3. The highest BCUT2D eigenvalue weighted by Crippen LogP contribution is 2.58. The topological polar surface area (TPSA) is 38.7 Å². The van der Waals surface area contributed by atoms with Gasteiger partial charge in [-0.15, -0.1) is 0 Å². The molecule has 3 aliphatic rings. The summed E-state index contributed by atoms with van der Waals surface area (Å²) >= 11 is 0. The zero-order chi connectivity index (χ0) is 12.8. The minimum absolute atomic E-state index is 0.109. The molecule has 0 amide bonds. The van der Waals surface area contributed by atoms with Crippen LogP contribution in [-0.4, -0.2) is 30.7 Å². The zero-order valence-electron chi connectivity index (χ0n) is 10.9. The van der Waals surface area contributed by atoms with Gasteiger partial charge >= 0.3 is 0 Å². The van der Waals surface area contributed by atoms with Gasteiger partial charge in [0.25, 0.3) is 0 Å². The predicted molar refractivity (Wildman–Crippen MR) is 68.9 cm³/mol. The average Bonchev–Trinajstić information content (AvgIpc) is 2.90. The summed E-state index contributed by atoms with van der Waals surface area (Å²) in [7, 11) is 3.33. The third-order valence-corrected chi connectivity index (χ3v) is 4.74. The van der Waals surface area contributed by atoms with Crippen molar-refractivity contribution in [3.8, 4) is 0 Å². The van der Waals surface area contributed by atoms with Gasteiger partial charge in [-0.2, -0.15) is 0 Å². The summed E-state index contributed by atoms with van der Waals surface area (Å²) in [6.07, 6.45) is 13.0. The number of fused-ring (bicyclic) bond motifs is 2. The van der Waals surface area contributed by atoms with Gasteiger partial charge < -0.3 is 14.6 Å². The molecule has 1 N–H and O–H groups in total. The molecule has 1 saturated carbocycles.